The summed E-state index contributed by atoms with van der Waals surface area (Å²) in [7, 11) is 0. The molecule has 2 heterocycles. The molecular weight excluding hydrogens is 226 g/mol. The molecule has 2 unspecified atom stereocenters. The van der Waals surface area contributed by atoms with Gasteiger partial charge in [-0.2, -0.15) is 0 Å². The molecule has 3 aliphatic rings. The second-order valence-corrected chi connectivity index (χ2v) is 6.71. The minimum Gasteiger partial charge on any atom is -0.393 e. The third kappa shape index (κ3) is 2.18. The lowest BCUT2D eigenvalue weighted by Crippen LogP contribution is -2.50. The van der Waals surface area contributed by atoms with Crippen LogP contribution in [0.5, 0.6) is 0 Å². The van der Waals surface area contributed by atoms with Crippen molar-refractivity contribution in [3.63, 3.8) is 0 Å². The van der Waals surface area contributed by atoms with Crippen molar-refractivity contribution in [2.75, 3.05) is 0 Å². The van der Waals surface area contributed by atoms with Gasteiger partial charge in [-0.15, -0.1) is 0 Å². The molecule has 3 rings (SSSR count). The van der Waals surface area contributed by atoms with E-state index in [0.29, 0.717) is 18.0 Å². The quantitative estimate of drug-likeness (QED) is 0.777. The van der Waals surface area contributed by atoms with Crippen LogP contribution in [0.25, 0.3) is 0 Å². The molecule has 3 heteroatoms. The van der Waals surface area contributed by atoms with Gasteiger partial charge in [-0.05, 0) is 57.3 Å². The Hall–Kier alpha value is -0.570. The second-order valence-electron chi connectivity index (χ2n) is 6.71. The first-order valence-electron chi connectivity index (χ1n) is 7.65. The summed E-state index contributed by atoms with van der Waals surface area (Å²) in [5.41, 5.74) is 0. The summed E-state index contributed by atoms with van der Waals surface area (Å²) in [6.45, 7) is 2.29. The predicted molar refractivity (Wildman–Crippen MR) is 70.0 cm³/mol. The van der Waals surface area contributed by atoms with Crippen molar-refractivity contribution in [3.8, 4) is 0 Å². The van der Waals surface area contributed by atoms with E-state index < -0.39 is 0 Å². The molecule has 0 aromatic heterocycles. The number of rotatable bonds is 1. The minimum atomic E-state index is -0.169. The zero-order chi connectivity index (χ0) is 12.7. The van der Waals surface area contributed by atoms with Gasteiger partial charge in [-0.25, -0.2) is 0 Å². The van der Waals surface area contributed by atoms with E-state index in [1.165, 1.54) is 12.8 Å². The van der Waals surface area contributed by atoms with Crippen LogP contribution in [-0.4, -0.2) is 34.1 Å². The Morgan fingerprint density at radius 3 is 2.11 bits per heavy atom. The number of carbonyl (C=O) groups is 1. The molecule has 0 aromatic carbocycles. The summed E-state index contributed by atoms with van der Waals surface area (Å²) in [6, 6.07) is 0.677. The Morgan fingerprint density at radius 2 is 1.56 bits per heavy atom. The van der Waals surface area contributed by atoms with Gasteiger partial charge in [0, 0.05) is 18.0 Å². The summed E-state index contributed by atoms with van der Waals surface area (Å²) in [4.78, 5) is 14.8. The van der Waals surface area contributed by atoms with Crippen LogP contribution in [-0.2, 0) is 4.79 Å². The Morgan fingerprint density at radius 1 is 1.00 bits per heavy atom. The lowest BCUT2D eigenvalue weighted by atomic mass is 9.81. The van der Waals surface area contributed by atoms with Crippen LogP contribution in [0.2, 0.25) is 0 Å². The average molecular weight is 251 g/mol. The molecular formula is C15H25NO2. The monoisotopic (exact) mass is 251 g/mol. The molecule has 1 aliphatic carbocycles. The SMILES string of the molecule is CC1CCC(C(=O)N2C3CCC2CC(O)C3)CC1. The molecule has 2 saturated heterocycles. The van der Waals surface area contributed by atoms with Crippen LogP contribution < -0.4 is 0 Å². The van der Waals surface area contributed by atoms with E-state index in [1.807, 2.05) is 0 Å². The molecule has 0 aromatic rings. The van der Waals surface area contributed by atoms with Crippen molar-refractivity contribution in [3.05, 3.63) is 0 Å². The smallest absolute Gasteiger partial charge is 0.226 e. The van der Waals surface area contributed by atoms with Crippen LogP contribution in [0.15, 0.2) is 0 Å². The van der Waals surface area contributed by atoms with Crippen LogP contribution in [0, 0.1) is 11.8 Å². The zero-order valence-electron chi connectivity index (χ0n) is 11.3. The average Bonchev–Trinajstić information content (AvgIpc) is 2.62. The highest BCUT2D eigenvalue weighted by atomic mass is 16.3. The third-order valence-electron chi connectivity index (χ3n) is 5.33. The lowest BCUT2D eigenvalue weighted by Gasteiger charge is -2.40. The lowest BCUT2D eigenvalue weighted by molar-refractivity contribution is -0.143. The van der Waals surface area contributed by atoms with Crippen molar-refractivity contribution in [2.24, 2.45) is 11.8 Å². The Labute approximate surface area is 110 Å². The first-order valence-corrected chi connectivity index (χ1v) is 7.65. The van der Waals surface area contributed by atoms with E-state index in [-0.39, 0.29) is 12.0 Å². The molecule has 0 radical (unpaired) electrons. The van der Waals surface area contributed by atoms with Crippen LogP contribution in [0.3, 0.4) is 0 Å². The molecule has 2 bridgehead atoms. The van der Waals surface area contributed by atoms with Gasteiger partial charge in [-0.3, -0.25) is 4.79 Å². The topological polar surface area (TPSA) is 40.5 Å². The van der Waals surface area contributed by atoms with Crippen LogP contribution in [0.4, 0.5) is 0 Å². The number of aliphatic hydroxyl groups excluding tert-OH is 1. The number of carbonyl (C=O) groups excluding carboxylic acids is 1. The Kier molecular flexibility index (Phi) is 3.35. The van der Waals surface area contributed by atoms with Crippen LogP contribution >= 0.6 is 0 Å². The van der Waals surface area contributed by atoms with Crippen molar-refractivity contribution >= 4 is 5.91 Å². The van der Waals surface area contributed by atoms with E-state index in [4.69, 9.17) is 0 Å². The van der Waals surface area contributed by atoms with Gasteiger partial charge in [-0.1, -0.05) is 6.92 Å². The second kappa shape index (κ2) is 4.84. The summed E-state index contributed by atoms with van der Waals surface area (Å²) < 4.78 is 0. The molecule has 102 valence electrons. The molecule has 0 spiro atoms. The normalized spacial score (nSPS) is 44.1. The van der Waals surface area contributed by atoms with E-state index in [0.717, 1.165) is 44.4 Å². The summed E-state index contributed by atoms with van der Waals surface area (Å²) >= 11 is 0. The zero-order valence-corrected chi connectivity index (χ0v) is 11.3. The molecule has 2 atom stereocenters. The molecule has 1 saturated carbocycles. The highest BCUT2D eigenvalue weighted by Gasteiger charge is 2.44. The maximum absolute atomic E-state index is 12.7. The van der Waals surface area contributed by atoms with Gasteiger partial charge in [0.1, 0.15) is 0 Å². The van der Waals surface area contributed by atoms with Gasteiger partial charge in [0.15, 0.2) is 0 Å². The Balaban J connectivity index is 1.66. The van der Waals surface area contributed by atoms with Crippen molar-refractivity contribution in [1.29, 1.82) is 0 Å². The molecule has 18 heavy (non-hydrogen) atoms. The first-order chi connectivity index (χ1) is 8.65. The summed E-state index contributed by atoms with van der Waals surface area (Å²) in [5, 5.41) is 9.80. The number of piperidine rings is 1. The molecule has 3 fully saturated rings. The fourth-order valence-corrected chi connectivity index (χ4v) is 4.23. The van der Waals surface area contributed by atoms with E-state index in [1.54, 1.807) is 0 Å². The molecule has 1 N–H and O–H groups in total. The third-order valence-corrected chi connectivity index (χ3v) is 5.33. The Bertz CT molecular complexity index is 308. The number of hydrogen-bond acceptors (Lipinski definition) is 2. The van der Waals surface area contributed by atoms with Gasteiger partial charge >= 0.3 is 0 Å². The van der Waals surface area contributed by atoms with Crippen molar-refractivity contribution < 1.29 is 9.90 Å². The van der Waals surface area contributed by atoms with Crippen LogP contribution in [0.1, 0.15) is 58.3 Å². The number of amides is 1. The standard InChI is InChI=1S/C15H25NO2/c1-10-2-4-11(5-3-10)15(18)16-12-6-7-13(16)9-14(17)8-12/h10-14,17H,2-9H2,1H3. The van der Waals surface area contributed by atoms with Gasteiger partial charge < -0.3 is 10.0 Å². The van der Waals surface area contributed by atoms with E-state index in [2.05, 4.69) is 11.8 Å². The number of aliphatic hydroxyl groups is 1. The van der Waals surface area contributed by atoms with Crippen molar-refractivity contribution in [2.45, 2.75) is 76.5 Å². The molecule has 3 nitrogen and oxygen atoms in total. The fourth-order valence-electron chi connectivity index (χ4n) is 4.23. The molecule has 1 amide bonds. The molecule has 2 aliphatic heterocycles. The van der Waals surface area contributed by atoms with Crippen molar-refractivity contribution in [1.82, 2.24) is 4.90 Å². The largest absolute Gasteiger partial charge is 0.393 e. The summed E-state index contributed by atoms with van der Waals surface area (Å²) in [6.07, 6.45) is 8.25. The maximum Gasteiger partial charge on any atom is 0.226 e. The number of nitrogens with zero attached hydrogens (tertiary/aromatic N) is 1. The predicted octanol–water partition coefficient (Wildman–Crippen LogP) is 2.33. The van der Waals surface area contributed by atoms with Gasteiger partial charge in [0.05, 0.1) is 6.10 Å². The minimum absolute atomic E-state index is 0.169. The highest BCUT2D eigenvalue weighted by molar-refractivity contribution is 5.80. The number of hydrogen-bond donors (Lipinski definition) is 1. The fraction of sp³-hybridized carbons (Fsp3) is 0.933. The highest BCUT2D eigenvalue weighted by Crippen LogP contribution is 2.39. The van der Waals surface area contributed by atoms with E-state index in [9.17, 15) is 9.90 Å². The van der Waals surface area contributed by atoms with Gasteiger partial charge in [0.2, 0.25) is 5.91 Å². The van der Waals surface area contributed by atoms with E-state index >= 15 is 0 Å². The number of fused-ring (bicyclic) bond motifs is 2. The first kappa shape index (κ1) is 12.5. The maximum atomic E-state index is 12.7. The van der Waals surface area contributed by atoms with Gasteiger partial charge in [0.25, 0.3) is 0 Å². The summed E-state index contributed by atoms with van der Waals surface area (Å²) in [5.74, 6) is 1.48.